The summed E-state index contributed by atoms with van der Waals surface area (Å²) in [5, 5.41) is 2.15. The van der Waals surface area contributed by atoms with E-state index < -0.39 is 0 Å². The summed E-state index contributed by atoms with van der Waals surface area (Å²) < 4.78 is 11.6. The third-order valence-corrected chi connectivity index (χ3v) is 9.13. The van der Waals surface area contributed by atoms with Crippen LogP contribution in [0.2, 0.25) is 0 Å². The van der Waals surface area contributed by atoms with Gasteiger partial charge in [-0.05, 0) is 83.4 Å². The number of fused-ring (bicyclic) bond motifs is 2. The summed E-state index contributed by atoms with van der Waals surface area (Å²) >= 11 is 1.74. The van der Waals surface area contributed by atoms with Crippen molar-refractivity contribution in [1.29, 1.82) is 0 Å². The number of carbonyl (C=O) groups excluding carboxylic acids is 1. The second-order valence-electron chi connectivity index (χ2n) is 11.2. The Morgan fingerprint density at radius 2 is 1.65 bits per heavy atom. The van der Waals surface area contributed by atoms with Crippen LogP contribution in [0.1, 0.15) is 86.3 Å². The molecule has 0 amide bonds. The minimum Gasteiger partial charge on any atom is -0.492 e. The molecule has 178 valence electrons. The van der Waals surface area contributed by atoms with Crippen LogP contribution in [0, 0.1) is 0 Å². The van der Waals surface area contributed by atoms with Crippen molar-refractivity contribution in [3.8, 4) is 16.9 Å². The molecular formula is C30H34O3S. The summed E-state index contributed by atoms with van der Waals surface area (Å²) in [5.41, 5.74) is 6.86. The molecule has 0 spiro atoms. The molecule has 0 radical (unpaired) electrons. The largest absolute Gasteiger partial charge is 0.492 e. The molecule has 0 saturated heterocycles. The minimum absolute atomic E-state index is 0.155. The van der Waals surface area contributed by atoms with Gasteiger partial charge in [0.15, 0.2) is 0 Å². The van der Waals surface area contributed by atoms with Crippen molar-refractivity contribution in [2.75, 3.05) is 13.2 Å². The highest BCUT2D eigenvalue weighted by Crippen LogP contribution is 2.53. The van der Waals surface area contributed by atoms with E-state index in [0.717, 1.165) is 16.9 Å². The van der Waals surface area contributed by atoms with Gasteiger partial charge in [0.1, 0.15) is 12.4 Å². The van der Waals surface area contributed by atoms with Crippen LogP contribution in [0.25, 0.3) is 11.1 Å². The lowest BCUT2D eigenvalue weighted by atomic mass is 9.62. The average Bonchev–Trinajstić information content (AvgIpc) is 3.43. The van der Waals surface area contributed by atoms with E-state index >= 15 is 0 Å². The van der Waals surface area contributed by atoms with Gasteiger partial charge in [-0.15, -0.1) is 11.3 Å². The zero-order valence-electron chi connectivity index (χ0n) is 21.1. The first kappa shape index (κ1) is 23.2. The number of rotatable bonds is 4. The number of ether oxygens (including phenoxy) is 2. The van der Waals surface area contributed by atoms with E-state index in [9.17, 15) is 4.79 Å². The van der Waals surface area contributed by atoms with Crippen molar-refractivity contribution in [2.45, 2.75) is 70.6 Å². The van der Waals surface area contributed by atoms with Crippen molar-refractivity contribution in [3.63, 3.8) is 0 Å². The normalized spacial score (nSPS) is 21.9. The molecule has 3 nitrogen and oxygen atoms in total. The standard InChI is InChI=1S/C30H34O3S/c1-7-32-27(31)21-11-9-8-10-20(21)19-14-26(34-17-19)30(6)18-33-25-16-23-22(15-24(25)30)28(2,3)12-13-29(23,4)5/h8-11,14-17H,7,12-13,18H2,1-6H3. The van der Waals surface area contributed by atoms with Crippen LogP contribution < -0.4 is 4.74 Å². The smallest absolute Gasteiger partial charge is 0.338 e. The molecule has 0 fully saturated rings. The van der Waals surface area contributed by atoms with Crippen molar-refractivity contribution >= 4 is 17.3 Å². The molecule has 5 rings (SSSR count). The van der Waals surface area contributed by atoms with Crippen LogP contribution in [-0.2, 0) is 21.0 Å². The Balaban J connectivity index is 1.58. The molecule has 2 aliphatic rings. The number of esters is 1. The first-order valence-corrected chi connectivity index (χ1v) is 13.1. The Morgan fingerprint density at radius 1 is 0.971 bits per heavy atom. The van der Waals surface area contributed by atoms with Crippen LogP contribution in [0.3, 0.4) is 0 Å². The van der Waals surface area contributed by atoms with Crippen molar-refractivity contribution in [2.24, 2.45) is 0 Å². The number of carbonyl (C=O) groups is 1. The molecule has 0 N–H and O–H groups in total. The maximum absolute atomic E-state index is 12.5. The lowest BCUT2D eigenvalue weighted by Crippen LogP contribution is -2.34. The van der Waals surface area contributed by atoms with Crippen LogP contribution in [0.4, 0.5) is 0 Å². The maximum Gasteiger partial charge on any atom is 0.338 e. The van der Waals surface area contributed by atoms with Gasteiger partial charge in [0.2, 0.25) is 0 Å². The van der Waals surface area contributed by atoms with E-state index in [1.165, 1.54) is 34.4 Å². The highest BCUT2D eigenvalue weighted by molar-refractivity contribution is 7.10. The van der Waals surface area contributed by atoms with E-state index in [4.69, 9.17) is 9.47 Å². The van der Waals surface area contributed by atoms with Crippen LogP contribution in [-0.4, -0.2) is 19.2 Å². The molecule has 4 heteroatoms. The Morgan fingerprint density at radius 3 is 2.35 bits per heavy atom. The molecule has 34 heavy (non-hydrogen) atoms. The zero-order valence-corrected chi connectivity index (χ0v) is 21.9. The Hall–Kier alpha value is -2.59. The molecular weight excluding hydrogens is 440 g/mol. The molecule has 1 aromatic heterocycles. The Kier molecular flexibility index (Phi) is 5.44. The van der Waals surface area contributed by atoms with Gasteiger partial charge in [0.25, 0.3) is 0 Å². The van der Waals surface area contributed by atoms with E-state index in [1.54, 1.807) is 11.3 Å². The monoisotopic (exact) mass is 474 g/mol. The van der Waals surface area contributed by atoms with Gasteiger partial charge in [-0.3, -0.25) is 0 Å². The zero-order chi connectivity index (χ0) is 24.3. The highest BCUT2D eigenvalue weighted by Gasteiger charge is 2.44. The second-order valence-corrected chi connectivity index (χ2v) is 12.2. The van der Waals surface area contributed by atoms with Crippen LogP contribution in [0.15, 0.2) is 47.8 Å². The second kappa shape index (κ2) is 7.98. The summed E-state index contributed by atoms with van der Waals surface area (Å²) in [6.07, 6.45) is 2.38. The SMILES string of the molecule is CCOC(=O)c1ccccc1-c1csc(C2(C)COc3cc4c(cc32)C(C)(C)CCC4(C)C)c1. The maximum atomic E-state index is 12.5. The average molecular weight is 475 g/mol. The molecule has 1 aliphatic heterocycles. The van der Waals surface area contributed by atoms with Gasteiger partial charge in [-0.1, -0.05) is 52.0 Å². The third kappa shape index (κ3) is 3.58. The molecule has 1 atom stereocenters. The number of thiophene rings is 1. The number of hydrogen-bond acceptors (Lipinski definition) is 4. The van der Waals surface area contributed by atoms with E-state index in [1.807, 2.05) is 31.2 Å². The van der Waals surface area contributed by atoms with Crippen LogP contribution >= 0.6 is 11.3 Å². The van der Waals surface area contributed by atoms with Crippen LogP contribution in [0.5, 0.6) is 5.75 Å². The van der Waals surface area contributed by atoms with Crippen molar-refractivity contribution in [3.05, 3.63) is 75.0 Å². The van der Waals surface area contributed by atoms with Gasteiger partial charge < -0.3 is 9.47 Å². The Labute approximate surface area is 207 Å². The quantitative estimate of drug-likeness (QED) is 0.365. The molecule has 2 aromatic carbocycles. The molecule has 1 aliphatic carbocycles. The first-order chi connectivity index (χ1) is 16.1. The summed E-state index contributed by atoms with van der Waals surface area (Å²) in [4.78, 5) is 13.8. The lowest BCUT2D eigenvalue weighted by Gasteiger charge is -2.42. The molecule has 2 heterocycles. The van der Waals surface area contributed by atoms with Crippen molar-refractivity contribution < 1.29 is 14.3 Å². The fourth-order valence-electron chi connectivity index (χ4n) is 5.54. The van der Waals surface area contributed by atoms with Gasteiger partial charge in [-0.2, -0.15) is 0 Å². The predicted octanol–water partition coefficient (Wildman–Crippen LogP) is 7.64. The van der Waals surface area contributed by atoms with E-state index in [2.05, 4.69) is 58.2 Å². The first-order valence-electron chi connectivity index (χ1n) is 12.2. The molecule has 0 saturated carbocycles. The third-order valence-electron chi connectivity index (χ3n) is 7.94. The summed E-state index contributed by atoms with van der Waals surface area (Å²) in [5.74, 6) is 0.747. The van der Waals surface area contributed by atoms with Gasteiger partial charge in [0.05, 0.1) is 17.6 Å². The van der Waals surface area contributed by atoms with Gasteiger partial charge >= 0.3 is 5.97 Å². The Bertz CT molecular complexity index is 1270. The van der Waals surface area contributed by atoms with Gasteiger partial charge in [0, 0.05) is 10.4 Å². The molecule has 0 bridgehead atoms. The highest BCUT2D eigenvalue weighted by atomic mass is 32.1. The summed E-state index contributed by atoms with van der Waals surface area (Å²) in [7, 11) is 0. The summed E-state index contributed by atoms with van der Waals surface area (Å²) in [6.45, 7) is 14.6. The van der Waals surface area contributed by atoms with Crippen molar-refractivity contribution in [1.82, 2.24) is 0 Å². The minimum atomic E-state index is -0.275. The lowest BCUT2D eigenvalue weighted by molar-refractivity contribution is 0.0527. The topological polar surface area (TPSA) is 35.5 Å². The van der Waals surface area contributed by atoms with E-state index in [0.29, 0.717) is 18.8 Å². The fourth-order valence-corrected chi connectivity index (χ4v) is 6.61. The number of benzene rings is 2. The predicted molar refractivity (Wildman–Crippen MR) is 139 cm³/mol. The number of hydrogen-bond donors (Lipinski definition) is 0. The summed E-state index contributed by atoms with van der Waals surface area (Å²) in [6, 6.07) is 14.7. The molecule has 1 unspecified atom stereocenters. The van der Waals surface area contributed by atoms with Gasteiger partial charge in [-0.25, -0.2) is 4.79 Å². The fraction of sp³-hybridized carbons (Fsp3) is 0.433. The molecule has 3 aromatic rings. The van der Waals surface area contributed by atoms with E-state index in [-0.39, 0.29) is 22.2 Å².